The zero-order chi connectivity index (χ0) is 14.6. The van der Waals surface area contributed by atoms with Gasteiger partial charge in [0.1, 0.15) is 6.07 Å². The summed E-state index contributed by atoms with van der Waals surface area (Å²) in [5.41, 5.74) is 1.70. The van der Waals surface area contributed by atoms with Crippen molar-refractivity contribution >= 4 is 16.6 Å². The second-order valence-electron chi connectivity index (χ2n) is 5.54. The van der Waals surface area contributed by atoms with Gasteiger partial charge in [-0.3, -0.25) is 0 Å². The van der Waals surface area contributed by atoms with Gasteiger partial charge in [-0.25, -0.2) is 0 Å². The number of hydrogen-bond donors (Lipinski definition) is 2. The average molecular weight is 270 g/mol. The maximum atomic E-state index is 9.18. The molecule has 1 aromatic carbocycles. The minimum absolute atomic E-state index is 0.0636. The van der Waals surface area contributed by atoms with E-state index in [4.69, 9.17) is 5.11 Å². The second kappa shape index (κ2) is 5.85. The molecule has 5 nitrogen and oxygen atoms in total. The number of rotatable bonds is 5. The van der Waals surface area contributed by atoms with Crippen molar-refractivity contribution in [3.63, 3.8) is 0 Å². The molecule has 0 aliphatic rings. The van der Waals surface area contributed by atoms with E-state index in [1.165, 1.54) is 0 Å². The second-order valence-corrected chi connectivity index (χ2v) is 5.54. The summed E-state index contributed by atoms with van der Waals surface area (Å²) < 4.78 is 0. The lowest BCUT2D eigenvalue weighted by molar-refractivity contribution is 0.220. The van der Waals surface area contributed by atoms with Crippen LogP contribution in [0.2, 0.25) is 0 Å². The van der Waals surface area contributed by atoms with Crippen LogP contribution in [0.15, 0.2) is 24.3 Å². The van der Waals surface area contributed by atoms with E-state index in [1.807, 2.05) is 24.3 Å². The predicted octanol–water partition coefficient (Wildman–Crippen LogP) is 2.32. The smallest absolute Gasteiger partial charge is 0.186 e. The van der Waals surface area contributed by atoms with Crippen LogP contribution in [0.5, 0.6) is 0 Å². The van der Waals surface area contributed by atoms with Crippen LogP contribution in [0.3, 0.4) is 0 Å². The number of nitrogens with zero attached hydrogens (tertiary/aromatic N) is 3. The lowest BCUT2D eigenvalue weighted by Crippen LogP contribution is -2.24. The Balaban J connectivity index is 2.35. The highest BCUT2D eigenvalue weighted by atomic mass is 16.3. The van der Waals surface area contributed by atoms with Crippen molar-refractivity contribution < 1.29 is 5.11 Å². The Kier molecular flexibility index (Phi) is 4.16. The molecule has 2 N–H and O–H groups in total. The molecule has 1 heterocycles. The number of aliphatic hydroxyl groups excluding tert-OH is 1. The first-order valence-electron chi connectivity index (χ1n) is 6.58. The number of anilines is 1. The van der Waals surface area contributed by atoms with Crippen LogP contribution < -0.4 is 5.32 Å². The fourth-order valence-corrected chi connectivity index (χ4v) is 2.03. The van der Waals surface area contributed by atoms with Crippen LogP contribution in [0.4, 0.5) is 5.69 Å². The minimum Gasteiger partial charge on any atom is -0.396 e. The van der Waals surface area contributed by atoms with Crippen LogP contribution in [0, 0.1) is 16.7 Å². The molecular formula is C15H18N4O. The van der Waals surface area contributed by atoms with Crippen molar-refractivity contribution in [1.82, 2.24) is 10.2 Å². The molecule has 0 saturated heterocycles. The molecule has 104 valence electrons. The third-order valence-corrected chi connectivity index (χ3v) is 3.31. The van der Waals surface area contributed by atoms with E-state index in [0.29, 0.717) is 24.3 Å². The average Bonchev–Trinajstić information content (AvgIpc) is 2.44. The van der Waals surface area contributed by atoms with E-state index in [9.17, 15) is 5.26 Å². The normalized spacial score (nSPS) is 11.3. The summed E-state index contributed by atoms with van der Waals surface area (Å²) in [6.45, 7) is 4.94. The van der Waals surface area contributed by atoms with Crippen LogP contribution in [-0.4, -0.2) is 28.5 Å². The lowest BCUT2D eigenvalue weighted by atomic mass is 9.89. The number of hydrogen-bond acceptors (Lipinski definition) is 5. The van der Waals surface area contributed by atoms with Crippen molar-refractivity contribution in [3.8, 4) is 6.07 Å². The molecule has 2 rings (SSSR count). The molecule has 0 spiro atoms. The number of nitrogens with one attached hydrogen (secondary N) is 1. The summed E-state index contributed by atoms with van der Waals surface area (Å²) >= 11 is 0. The van der Waals surface area contributed by atoms with E-state index in [2.05, 4.69) is 35.4 Å². The number of aromatic nitrogens is 2. The molecule has 0 saturated carbocycles. The van der Waals surface area contributed by atoms with Crippen LogP contribution >= 0.6 is 0 Å². The molecule has 1 aromatic heterocycles. The standard InChI is InChI=1S/C15H18N4O/c1-15(2,7-8-20)10-17-14-11-5-3-4-6-12(11)18-19-13(14)9-16/h3-6,20H,7-8,10H2,1-2H3,(H,17,18). The van der Waals surface area contributed by atoms with Crippen molar-refractivity contribution in [2.75, 3.05) is 18.5 Å². The van der Waals surface area contributed by atoms with Crippen molar-refractivity contribution in [1.29, 1.82) is 5.26 Å². The topological polar surface area (TPSA) is 81.8 Å². The van der Waals surface area contributed by atoms with Gasteiger partial charge in [-0.2, -0.15) is 5.26 Å². The highest BCUT2D eigenvalue weighted by Gasteiger charge is 2.19. The summed E-state index contributed by atoms with van der Waals surface area (Å²) in [6.07, 6.45) is 0.693. The molecule has 0 aliphatic carbocycles. The SMILES string of the molecule is CC(C)(CCO)CNc1c(C#N)nnc2ccccc12. The van der Waals surface area contributed by atoms with Gasteiger partial charge in [-0.05, 0) is 17.9 Å². The highest BCUT2D eigenvalue weighted by Crippen LogP contribution is 2.26. The van der Waals surface area contributed by atoms with Gasteiger partial charge in [-0.15, -0.1) is 10.2 Å². The fraction of sp³-hybridized carbons (Fsp3) is 0.400. The summed E-state index contributed by atoms with van der Waals surface area (Å²) in [6, 6.07) is 9.67. The fourth-order valence-electron chi connectivity index (χ4n) is 2.03. The maximum absolute atomic E-state index is 9.18. The van der Waals surface area contributed by atoms with E-state index in [0.717, 1.165) is 10.9 Å². The largest absolute Gasteiger partial charge is 0.396 e. The highest BCUT2D eigenvalue weighted by molar-refractivity contribution is 5.92. The van der Waals surface area contributed by atoms with E-state index in [-0.39, 0.29) is 12.0 Å². The minimum atomic E-state index is -0.0636. The third kappa shape index (κ3) is 3.03. The van der Waals surface area contributed by atoms with Crippen LogP contribution in [0.25, 0.3) is 10.9 Å². The summed E-state index contributed by atoms with van der Waals surface area (Å²) in [5, 5.41) is 30.4. The van der Waals surface area contributed by atoms with Gasteiger partial charge < -0.3 is 10.4 Å². The molecule has 0 bridgehead atoms. The van der Waals surface area contributed by atoms with Crippen molar-refractivity contribution in [3.05, 3.63) is 30.0 Å². The Hall–Kier alpha value is -2.19. The molecule has 20 heavy (non-hydrogen) atoms. The van der Waals surface area contributed by atoms with Crippen LogP contribution in [0.1, 0.15) is 26.0 Å². The lowest BCUT2D eigenvalue weighted by Gasteiger charge is -2.25. The number of benzene rings is 1. The molecule has 0 fully saturated rings. The molecule has 0 radical (unpaired) electrons. The van der Waals surface area contributed by atoms with Gasteiger partial charge in [-0.1, -0.05) is 32.0 Å². The Morgan fingerprint density at radius 1 is 1.30 bits per heavy atom. The zero-order valence-electron chi connectivity index (χ0n) is 11.7. The number of fused-ring (bicyclic) bond motifs is 1. The molecule has 2 aromatic rings. The Bertz CT molecular complexity index is 646. The molecule has 0 atom stereocenters. The van der Waals surface area contributed by atoms with E-state index in [1.54, 1.807) is 0 Å². The van der Waals surface area contributed by atoms with E-state index >= 15 is 0 Å². The first-order valence-corrected chi connectivity index (χ1v) is 6.58. The molecular weight excluding hydrogens is 252 g/mol. The Morgan fingerprint density at radius 3 is 2.75 bits per heavy atom. The summed E-state index contributed by atoms with van der Waals surface area (Å²) in [4.78, 5) is 0. The molecule has 0 unspecified atom stereocenters. The first kappa shape index (κ1) is 14.2. The maximum Gasteiger partial charge on any atom is 0.186 e. The number of aliphatic hydroxyl groups is 1. The monoisotopic (exact) mass is 270 g/mol. The first-order chi connectivity index (χ1) is 9.57. The molecule has 0 amide bonds. The predicted molar refractivity (Wildman–Crippen MR) is 78.2 cm³/mol. The van der Waals surface area contributed by atoms with Crippen LogP contribution in [-0.2, 0) is 0 Å². The van der Waals surface area contributed by atoms with Gasteiger partial charge in [0.25, 0.3) is 0 Å². The zero-order valence-corrected chi connectivity index (χ0v) is 11.7. The quantitative estimate of drug-likeness (QED) is 0.871. The molecule has 5 heteroatoms. The summed E-state index contributed by atoms with van der Waals surface area (Å²) in [7, 11) is 0. The molecule has 0 aliphatic heterocycles. The summed E-state index contributed by atoms with van der Waals surface area (Å²) in [5.74, 6) is 0. The van der Waals surface area contributed by atoms with Gasteiger partial charge in [0, 0.05) is 18.5 Å². The van der Waals surface area contributed by atoms with Crippen molar-refractivity contribution in [2.24, 2.45) is 5.41 Å². The third-order valence-electron chi connectivity index (χ3n) is 3.31. The Labute approximate surface area is 118 Å². The Morgan fingerprint density at radius 2 is 2.05 bits per heavy atom. The van der Waals surface area contributed by atoms with Gasteiger partial charge in [0.2, 0.25) is 0 Å². The van der Waals surface area contributed by atoms with E-state index < -0.39 is 0 Å². The van der Waals surface area contributed by atoms with Gasteiger partial charge in [0.05, 0.1) is 11.2 Å². The van der Waals surface area contributed by atoms with Gasteiger partial charge in [0.15, 0.2) is 5.69 Å². The number of nitriles is 1. The van der Waals surface area contributed by atoms with Gasteiger partial charge >= 0.3 is 0 Å². The van der Waals surface area contributed by atoms with Crippen molar-refractivity contribution in [2.45, 2.75) is 20.3 Å².